The lowest BCUT2D eigenvalue weighted by Crippen LogP contribution is -2.17. The van der Waals surface area contributed by atoms with Crippen LogP contribution in [0, 0.1) is 6.92 Å². The summed E-state index contributed by atoms with van der Waals surface area (Å²) in [5.74, 6) is 0.922. The number of aryl methyl sites for hydroxylation is 1. The van der Waals surface area contributed by atoms with E-state index in [0.29, 0.717) is 41.5 Å². The van der Waals surface area contributed by atoms with Crippen LogP contribution in [-0.4, -0.2) is 26.6 Å². The average Bonchev–Trinajstić information content (AvgIpc) is 2.62. The number of benzene rings is 2. The van der Waals surface area contributed by atoms with Crippen molar-refractivity contribution < 1.29 is 17.9 Å². The summed E-state index contributed by atoms with van der Waals surface area (Å²) in [6, 6.07) is 11.2. The van der Waals surface area contributed by atoms with Crippen LogP contribution >= 0.6 is 0 Å². The molecular formula is C18H16N2O5S. The molecule has 134 valence electrons. The number of hydrogen-bond donors (Lipinski definition) is 2. The number of H-pyrrole nitrogens is 1. The van der Waals surface area contributed by atoms with E-state index in [9.17, 15) is 13.2 Å². The van der Waals surface area contributed by atoms with Gasteiger partial charge in [0.05, 0.1) is 16.1 Å². The van der Waals surface area contributed by atoms with Gasteiger partial charge in [-0.1, -0.05) is 6.07 Å². The third kappa shape index (κ3) is 2.99. The quantitative estimate of drug-likeness (QED) is 0.736. The Balaban J connectivity index is 1.68. The standard InChI is InChI=1S/C18H16N2O5S/c1-11-8-12-2-3-13(9-15(12)19-18(11)21)20-26(22,23)14-4-5-16-17(10-14)25-7-6-24-16/h2-5,8-10,20H,6-7H2,1H3,(H,19,21). The van der Waals surface area contributed by atoms with Crippen LogP contribution in [0.2, 0.25) is 0 Å². The van der Waals surface area contributed by atoms with E-state index < -0.39 is 10.0 Å². The van der Waals surface area contributed by atoms with Gasteiger partial charge < -0.3 is 14.5 Å². The van der Waals surface area contributed by atoms with Crippen molar-refractivity contribution in [1.82, 2.24) is 4.98 Å². The zero-order valence-electron chi connectivity index (χ0n) is 13.9. The largest absolute Gasteiger partial charge is 0.486 e. The number of pyridine rings is 1. The van der Waals surface area contributed by atoms with Crippen LogP contribution in [0.25, 0.3) is 10.9 Å². The number of sulfonamides is 1. The molecular weight excluding hydrogens is 356 g/mol. The smallest absolute Gasteiger partial charge is 0.262 e. The molecule has 0 spiro atoms. The minimum atomic E-state index is -3.81. The first-order chi connectivity index (χ1) is 12.4. The van der Waals surface area contributed by atoms with Crippen molar-refractivity contribution in [3.63, 3.8) is 0 Å². The fraction of sp³-hybridized carbons (Fsp3) is 0.167. The molecule has 0 atom stereocenters. The van der Waals surface area contributed by atoms with E-state index in [1.165, 1.54) is 12.1 Å². The van der Waals surface area contributed by atoms with Gasteiger partial charge in [0, 0.05) is 11.6 Å². The fourth-order valence-corrected chi connectivity index (χ4v) is 3.84. The predicted molar refractivity (Wildman–Crippen MR) is 97.5 cm³/mol. The van der Waals surface area contributed by atoms with Crippen LogP contribution in [0.15, 0.2) is 52.2 Å². The highest BCUT2D eigenvalue weighted by Gasteiger charge is 2.19. The molecule has 0 bridgehead atoms. The summed E-state index contributed by atoms with van der Waals surface area (Å²) in [6.07, 6.45) is 0. The van der Waals surface area contributed by atoms with Crippen LogP contribution in [0.3, 0.4) is 0 Å². The molecule has 0 saturated heterocycles. The molecule has 2 heterocycles. The summed E-state index contributed by atoms with van der Waals surface area (Å²) in [7, 11) is -3.81. The number of rotatable bonds is 3. The third-order valence-corrected chi connectivity index (χ3v) is 5.49. The SMILES string of the molecule is Cc1cc2ccc(NS(=O)(=O)c3ccc4c(c3)OCCO4)cc2[nH]c1=O. The molecule has 26 heavy (non-hydrogen) atoms. The number of anilines is 1. The first-order valence-corrected chi connectivity index (χ1v) is 9.47. The van der Waals surface area contributed by atoms with E-state index in [1.54, 1.807) is 37.3 Å². The zero-order valence-corrected chi connectivity index (χ0v) is 14.7. The van der Waals surface area contributed by atoms with Gasteiger partial charge in [0.2, 0.25) is 0 Å². The molecule has 1 aliphatic heterocycles. The summed E-state index contributed by atoms with van der Waals surface area (Å²) >= 11 is 0. The van der Waals surface area contributed by atoms with Gasteiger partial charge in [0.1, 0.15) is 13.2 Å². The molecule has 1 aromatic heterocycles. The monoisotopic (exact) mass is 372 g/mol. The Morgan fingerprint density at radius 1 is 1.00 bits per heavy atom. The summed E-state index contributed by atoms with van der Waals surface area (Å²) < 4.78 is 38.7. The van der Waals surface area contributed by atoms with Crippen molar-refractivity contribution in [2.45, 2.75) is 11.8 Å². The summed E-state index contributed by atoms with van der Waals surface area (Å²) in [5, 5.41) is 0.823. The number of fused-ring (bicyclic) bond motifs is 2. The zero-order chi connectivity index (χ0) is 18.3. The fourth-order valence-electron chi connectivity index (χ4n) is 2.78. The topological polar surface area (TPSA) is 97.5 Å². The summed E-state index contributed by atoms with van der Waals surface area (Å²) in [5.41, 5.74) is 1.31. The highest BCUT2D eigenvalue weighted by atomic mass is 32.2. The van der Waals surface area contributed by atoms with Gasteiger partial charge >= 0.3 is 0 Å². The number of aromatic amines is 1. The second-order valence-electron chi connectivity index (χ2n) is 5.99. The minimum absolute atomic E-state index is 0.0687. The average molecular weight is 372 g/mol. The van der Waals surface area contributed by atoms with E-state index >= 15 is 0 Å². The van der Waals surface area contributed by atoms with Crippen molar-refractivity contribution in [3.8, 4) is 11.5 Å². The molecule has 7 nitrogen and oxygen atoms in total. The van der Waals surface area contributed by atoms with E-state index in [2.05, 4.69) is 9.71 Å². The first kappa shape index (κ1) is 16.5. The third-order valence-electron chi connectivity index (χ3n) is 4.11. The second-order valence-corrected chi connectivity index (χ2v) is 7.68. The van der Waals surface area contributed by atoms with Gasteiger partial charge in [-0.25, -0.2) is 8.42 Å². The molecule has 0 radical (unpaired) electrons. The minimum Gasteiger partial charge on any atom is -0.486 e. The molecule has 0 amide bonds. The van der Waals surface area contributed by atoms with Gasteiger partial charge in [0.25, 0.3) is 15.6 Å². The Morgan fingerprint density at radius 2 is 1.77 bits per heavy atom. The van der Waals surface area contributed by atoms with Crippen molar-refractivity contribution in [1.29, 1.82) is 0 Å². The molecule has 2 N–H and O–H groups in total. The molecule has 0 fully saturated rings. The van der Waals surface area contributed by atoms with Crippen LogP contribution in [0.5, 0.6) is 11.5 Å². The predicted octanol–water partition coefficient (Wildman–Crippen LogP) is 2.41. The molecule has 0 saturated carbocycles. The molecule has 4 rings (SSSR count). The Labute approximate surface area is 149 Å². The van der Waals surface area contributed by atoms with E-state index in [0.717, 1.165) is 5.39 Å². The lowest BCUT2D eigenvalue weighted by Gasteiger charge is -2.19. The van der Waals surface area contributed by atoms with Crippen LogP contribution < -0.4 is 19.8 Å². The van der Waals surface area contributed by atoms with E-state index in [4.69, 9.17) is 9.47 Å². The van der Waals surface area contributed by atoms with Crippen LogP contribution in [0.1, 0.15) is 5.56 Å². The number of hydrogen-bond acceptors (Lipinski definition) is 5. The van der Waals surface area contributed by atoms with Crippen molar-refractivity contribution >= 4 is 26.6 Å². The lowest BCUT2D eigenvalue weighted by atomic mass is 10.1. The number of ether oxygens (including phenoxy) is 2. The lowest BCUT2D eigenvalue weighted by molar-refractivity contribution is 0.171. The highest BCUT2D eigenvalue weighted by Crippen LogP contribution is 2.32. The Kier molecular flexibility index (Phi) is 3.84. The maximum atomic E-state index is 12.7. The van der Waals surface area contributed by atoms with E-state index in [-0.39, 0.29) is 10.5 Å². The summed E-state index contributed by atoms with van der Waals surface area (Å²) in [4.78, 5) is 14.6. The Hall–Kier alpha value is -3.00. The molecule has 3 aromatic rings. The molecule has 0 aliphatic carbocycles. The van der Waals surface area contributed by atoms with Crippen molar-refractivity contribution in [2.75, 3.05) is 17.9 Å². The van der Waals surface area contributed by atoms with Gasteiger partial charge in [-0.3, -0.25) is 9.52 Å². The molecule has 0 unspecified atom stereocenters. The second kappa shape index (κ2) is 6.06. The van der Waals surface area contributed by atoms with Gasteiger partial charge in [-0.05, 0) is 42.6 Å². The van der Waals surface area contributed by atoms with Gasteiger partial charge in [-0.15, -0.1) is 0 Å². The van der Waals surface area contributed by atoms with Crippen LogP contribution in [-0.2, 0) is 10.0 Å². The normalized spacial score (nSPS) is 13.6. The number of aromatic nitrogens is 1. The number of nitrogens with one attached hydrogen (secondary N) is 2. The molecule has 8 heteroatoms. The Bertz CT molecular complexity index is 1170. The molecule has 2 aromatic carbocycles. The van der Waals surface area contributed by atoms with E-state index in [1.807, 2.05) is 0 Å². The van der Waals surface area contributed by atoms with Crippen molar-refractivity contribution in [2.24, 2.45) is 0 Å². The summed E-state index contributed by atoms with van der Waals surface area (Å²) in [6.45, 7) is 2.53. The van der Waals surface area contributed by atoms with Crippen molar-refractivity contribution in [3.05, 3.63) is 58.4 Å². The first-order valence-electron chi connectivity index (χ1n) is 7.98. The molecule has 1 aliphatic rings. The van der Waals surface area contributed by atoms with Gasteiger partial charge in [0.15, 0.2) is 11.5 Å². The maximum absolute atomic E-state index is 12.7. The Morgan fingerprint density at radius 3 is 2.58 bits per heavy atom. The maximum Gasteiger partial charge on any atom is 0.262 e. The highest BCUT2D eigenvalue weighted by molar-refractivity contribution is 7.92. The van der Waals surface area contributed by atoms with Crippen LogP contribution in [0.4, 0.5) is 5.69 Å². The van der Waals surface area contributed by atoms with Gasteiger partial charge in [-0.2, -0.15) is 0 Å².